The van der Waals surface area contributed by atoms with Gasteiger partial charge in [0.25, 0.3) is 0 Å². The molecule has 26 heavy (non-hydrogen) atoms. The molecule has 0 spiro atoms. The lowest BCUT2D eigenvalue weighted by molar-refractivity contribution is -0.125. The number of nitrogens with one attached hydrogen (secondary N) is 1. The number of pyridine rings is 1. The Labute approximate surface area is 155 Å². The van der Waals surface area contributed by atoms with Crippen LogP contribution < -0.4 is 5.32 Å². The van der Waals surface area contributed by atoms with Crippen LogP contribution in [0.4, 0.5) is 0 Å². The van der Waals surface area contributed by atoms with E-state index in [9.17, 15) is 4.79 Å². The molecule has 3 aromatic heterocycles. The summed E-state index contributed by atoms with van der Waals surface area (Å²) in [6.07, 6.45) is 10.4. The Hall–Kier alpha value is -2.61. The van der Waals surface area contributed by atoms with E-state index in [-0.39, 0.29) is 11.8 Å². The molecule has 4 rings (SSSR count). The molecule has 1 N–H and O–H groups in total. The van der Waals surface area contributed by atoms with E-state index in [0.717, 1.165) is 48.5 Å². The summed E-state index contributed by atoms with van der Waals surface area (Å²) in [7, 11) is 0. The Bertz CT molecular complexity index is 861. The summed E-state index contributed by atoms with van der Waals surface area (Å²) in [5, 5.41) is 11.8. The van der Waals surface area contributed by atoms with Gasteiger partial charge in [0.2, 0.25) is 5.91 Å². The summed E-state index contributed by atoms with van der Waals surface area (Å²) >= 11 is 1.74. The summed E-state index contributed by atoms with van der Waals surface area (Å²) < 4.78 is 1.77. The van der Waals surface area contributed by atoms with Gasteiger partial charge in [-0.05, 0) is 31.4 Å². The monoisotopic (exact) mass is 368 g/mol. The van der Waals surface area contributed by atoms with Gasteiger partial charge in [0.15, 0.2) is 0 Å². The van der Waals surface area contributed by atoms with Gasteiger partial charge >= 0.3 is 0 Å². The van der Waals surface area contributed by atoms with Gasteiger partial charge in [0.05, 0.1) is 11.9 Å². The molecular formula is C18H20N6OS. The fourth-order valence-corrected chi connectivity index (χ4v) is 4.28. The second-order valence-corrected chi connectivity index (χ2v) is 7.46. The van der Waals surface area contributed by atoms with Crippen LogP contribution in [-0.2, 0) is 24.2 Å². The predicted octanol–water partition coefficient (Wildman–Crippen LogP) is 2.11. The Morgan fingerprint density at radius 1 is 1.31 bits per heavy atom. The maximum Gasteiger partial charge on any atom is 0.223 e. The van der Waals surface area contributed by atoms with Gasteiger partial charge in [-0.15, -0.1) is 16.4 Å². The maximum absolute atomic E-state index is 12.5. The van der Waals surface area contributed by atoms with Crippen LogP contribution in [0.25, 0.3) is 10.6 Å². The second kappa shape index (κ2) is 7.74. The van der Waals surface area contributed by atoms with Crippen LogP contribution in [0.5, 0.6) is 0 Å². The first-order valence-electron chi connectivity index (χ1n) is 8.80. The fraction of sp³-hybridized carbons (Fsp3) is 0.389. The number of amides is 1. The highest BCUT2D eigenvalue weighted by Crippen LogP contribution is 2.34. The SMILES string of the molecule is O=C(NCCCn1ccnn1)C1CCc2sc(-c3ccncc3)nc2C1. The third-order valence-electron chi connectivity index (χ3n) is 4.57. The number of fused-ring (bicyclic) bond motifs is 1. The molecular weight excluding hydrogens is 348 g/mol. The lowest BCUT2D eigenvalue weighted by atomic mass is 9.90. The minimum Gasteiger partial charge on any atom is -0.356 e. The number of aryl methyl sites for hydroxylation is 2. The summed E-state index contributed by atoms with van der Waals surface area (Å²) in [5.74, 6) is 0.147. The molecule has 1 aliphatic rings. The maximum atomic E-state index is 12.5. The number of nitrogens with zero attached hydrogens (tertiary/aromatic N) is 5. The molecule has 134 valence electrons. The first kappa shape index (κ1) is 16.8. The topological polar surface area (TPSA) is 85.6 Å². The summed E-state index contributed by atoms with van der Waals surface area (Å²) in [6, 6.07) is 3.95. The summed E-state index contributed by atoms with van der Waals surface area (Å²) in [5.41, 5.74) is 2.17. The van der Waals surface area contributed by atoms with Crippen molar-refractivity contribution in [2.75, 3.05) is 6.54 Å². The van der Waals surface area contributed by atoms with Crippen LogP contribution in [0, 0.1) is 5.92 Å². The van der Waals surface area contributed by atoms with E-state index in [1.165, 1.54) is 4.88 Å². The molecule has 3 heterocycles. The van der Waals surface area contributed by atoms with Crippen LogP contribution in [0.3, 0.4) is 0 Å². The number of carbonyl (C=O) groups is 1. The molecule has 1 aliphatic carbocycles. The van der Waals surface area contributed by atoms with E-state index >= 15 is 0 Å². The van der Waals surface area contributed by atoms with E-state index in [2.05, 4.69) is 20.6 Å². The zero-order valence-electron chi connectivity index (χ0n) is 14.3. The Kier molecular flexibility index (Phi) is 5.01. The van der Waals surface area contributed by atoms with Crippen molar-refractivity contribution in [1.29, 1.82) is 0 Å². The van der Waals surface area contributed by atoms with Gasteiger partial charge in [-0.3, -0.25) is 14.5 Å². The van der Waals surface area contributed by atoms with Crippen molar-refractivity contribution in [2.24, 2.45) is 5.92 Å². The van der Waals surface area contributed by atoms with Crippen molar-refractivity contribution in [3.63, 3.8) is 0 Å². The van der Waals surface area contributed by atoms with E-state index in [1.807, 2.05) is 18.3 Å². The fourth-order valence-electron chi connectivity index (χ4n) is 3.17. The van der Waals surface area contributed by atoms with Crippen molar-refractivity contribution in [1.82, 2.24) is 30.3 Å². The number of hydrogen-bond donors (Lipinski definition) is 1. The number of thiazole rings is 1. The molecule has 1 amide bonds. The van der Waals surface area contributed by atoms with Crippen molar-refractivity contribution in [3.05, 3.63) is 47.5 Å². The molecule has 0 saturated carbocycles. The number of hydrogen-bond acceptors (Lipinski definition) is 6. The van der Waals surface area contributed by atoms with E-state index in [1.54, 1.807) is 34.6 Å². The van der Waals surface area contributed by atoms with Gasteiger partial charge in [-0.2, -0.15) is 0 Å². The molecule has 1 atom stereocenters. The van der Waals surface area contributed by atoms with Crippen molar-refractivity contribution >= 4 is 17.2 Å². The number of rotatable bonds is 6. The third-order valence-corrected chi connectivity index (χ3v) is 5.78. The molecule has 1 unspecified atom stereocenters. The molecule has 0 radical (unpaired) electrons. The molecule has 7 nitrogen and oxygen atoms in total. The zero-order valence-corrected chi connectivity index (χ0v) is 15.2. The van der Waals surface area contributed by atoms with Gasteiger partial charge in [0.1, 0.15) is 5.01 Å². The van der Waals surface area contributed by atoms with Gasteiger partial charge in [-0.1, -0.05) is 5.21 Å². The number of aromatic nitrogens is 5. The van der Waals surface area contributed by atoms with Gasteiger partial charge < -0.3 is 5.32 Å². The molecule has 0 aliphatic heterocycles. The molecule has 8 heteroatoms. The molecule has 3 aromatic rings. The van der Waals surface area contributed by atoms with E-state index in [4.69, 9.17) is 4.98 Å². The molecule has 0 bridgehead atoms. The lowest BCUT2D eigenvalue weighted by Crippen LogP contribution is -2.34. The van der Waals surface area contributed by atoms with E-state index in [0.29, 0.717) is 6.54 Å². The van der Waals surface area contributed by atoms with Crippen LogP contribution in [0.2, 0.25) is 0 Å². The smallest absolute Gasteiger partial charge is 0.223 e. The molecule has 0 saturated heterocycles. The van der Waals surface area contributed by atoms with Gasteiger partial charge in [-0.25, -0.2) is 4.98 Å². The summed E-state index contributed by atoms with van der Waals surface area (Å²) in [6.45, 7) is 1.41. The standard InChI is InChI=1S/C18H20N6OS/c25-17(20-6-1-10-24-11-9-21-23-24)14-2-3-16-15(12-14)22-18(26-16)13-4-7-19-8-5-13/h4-5,7-9,11,14H,1-3,6,10,12H2,(H,20,25). The Morgan fingerprint density at radius 2 is 2.19 bits per heavy atom. The highest BCUT2D eigenvalue weighted by molar-refractivity contribution is 7.15. The van der Waals surface area contributed by atoms with Crippen molar-refractivity contribution in [2.45, 2.75) is 32.2 Å². The number of carbonyl (C=O) groups excluding carboxylic acids is 1. The van der Waals surface area contributed by atoms with Crippen molar-refractivity contribution in [3.8, 4) is 10.6 Å². The molecule has 0 fully saturated rings. The predicted molar refractivity (Wildman–Crippen MR) is 98.5 cm³/mol. The average molecular weight is 368 g/mol. The average Bonchev–Trinajstić information content (AvgIpc) is 3.34. The summed E-state index contributed by atoms with van der Waals surface area (Å²) in [4.78, 5) is 22.6. The quantitative estimate of drug-likeness (QED) is 0.674. The van der Waals surface area contributed by atoms with E-state index < -0.39 is 0 Å². The first-order valence-corrected chi connectivity index (χ1v) is 9.62. The van der Waals surface area contributed by atoms with Crippen molar-refractivity contribution < 1.29 is 4.79 Å². The highest BCUT2D eigenvalue weighted by atomic mass is 32.1. The first-order chi connectivity index (χ1) is 12.8. The largest absolute Gasteiger partial charge is 0.356 e. The third kappa shape index (κ3) is 3.80. The Morgan fingerprint density at radius 3 is 3.00 bits per heavy atom. The highest BCUT2D eigenvalue weighted by Gasteiger charge is 2.27. The van der Waals surface area contributed by atoms with Crippen LogP contribution in [0.1, 0.15) is 23.4 Å². The minimum absolute atomic E-state index is 0.0151. The van der Waals surface area contributed by atoms with Crippen LogP contribution >= 0.6 is 11.3 Å². The van der Waals surface area contributed by atoms with Crippen LogP contribution in [-0.4, -0.2) is 37.4 Å². The Balaban J connectivity index is 1.31. The normalized spacial score (nSPS) is 16.2. The second-order valence-electron chi connectivity index (χ2n) is 6.38. The van der Waals surface area contributed by atoms with Gasteiger partial charge in [0, 0.05) is 54.5 Å². The molecule has 0 aromatic carbocycles. The minimum atomic E-state index is 0.0151. The lowest BCUT2D eigenvalue weighted by Gasteiger charge is -2.20. The zero-order chi connectivity index (χ0) is 17.8. The van der Waals surface area contributed by atoms with Crippen LogP contribution in [0.15, 0.2) is 36.9 Å².